The number of nitrogens with one attached hydrogen (secondary N) is 1. The fraction of sp³-hybridized carbons (Fsp3) is 0.692. The third-order valence-electron chi connectivity index (χ3n) is 3.24. The highest BCUT2D eigenvalue weighted by molar-refractivity contribution is 5.10. The van der Waals surface area contributed by atoms with Crippen molar-refractivity contribution in [1.29, 1.82) is 0 Å². The summed E-state index contributed by atoms with van der Waals surface area (Å²) in [6.45, 7) is 8.71. The van der Waals surface area contributed by atoms with Gasteiger partial charge < -0.3 is 9.73 Å². The number of rotatable bonds is 4. The minimum absolute atomic E-state index is 0.473. The molecule has 3 nitrogen and oxygen atoms in total. The van der Waals surface area contributed by atoms with Gasteiger partial charge in [-0.05, 0) is 25.5 Å². The van der Waals surface area contributed by atoms with Crippen LogP contribution in [-0.2, 0) is 0 Å². The number of furan rings is 1. The van der Waals surface area contributed by atoms with Crippen molar-refractivity contribution in [3.8, 4) is 0 Å². The van der Waals surface area contributed by atoms with E-state index in [9.17, 15) is 0 Å². The smallest absolute Gasteiger partial charge is 0.121 e. The predicted molar refractivity (Wildman–Crippen MR) is 65.5 cm³/mol. The molecule has 2 rings (SSSR count). The molecule has 1 N–H and O–H groups in total. The first-order valence-corrected chi connectivity index (χ1v) is 6.32. The van der Waals surface area contributed by atoms with E-state index in [4.69, 9.17) is 4.42 Å². The van der Waals surface area contributed by atoms with E-state index < -0.39 is 0 Å². The lowest BCUT2D eigenvalue weighted by Gasteiger charge is -2.33. The van der Waals surface area contributed by atoms with Gasteiger partial charge in [0.1, 0.15) is 11.5 Å². The zero-order valence-electron chi connectivity index (χ0n) is 10.3. The van der Waals surface area contributed by atoms with Crippen LogP contribution in [0.4, 0.5) is 0 Å². The molecule has 1 aliphatic rings. The van der Waals surface area contributed by atoms with E-state index in [1.807, 2.05) is 6.92 Å². The van der Waals surface area contributed by atoms with Crippen LogP contribution in [0.3, 0.4) is 0 Å². The van der Waals surface area contributed by atoms with Crippen LogP contribution in [-0.4, -0.2) is 31.1 Å². The molecule has 90 valence electrons. The highest BCUT2D eigenvalue weighted by Crippen LogP contribution is 2.27. The first-order chi connectivity index (χ1) is 7.81. The summed E-state index contributed by atoms with van der Waals surface area (Å²) in [5.74, 6) is 2.16. The third kappa shape index (κ3) is 2.66. The van der Waals surface area contributed by atoms with Crippen LogP contribution >= 0.6 is 0 Å². The second kappa shape index (κ2) is 5.51. The summed E-state index contributed by atoms with van der Waals surface area (Å²) >= 11 is 0. The largest absolute Gasteiger partial charge is 0.465 e. The van der Waals surface area contributed by atoms with Gasteiger partial charge in [0.05, 0.1) is 6.04 Å². The summed E-state index contributed by atoms with van der Waals surface area (Å²) in [6.07, 6.45) is 2.39. The van der Waals surface area contributed by atoms with Crippen LogP contribution in [0.1, 0.15) is 37.3 Å². The van der Waals surface area contributed by atoms with E-state index in [1.165, 1.54) is 12.8 Å². The lowest BCUT2D eigenvalue weighted by molar-refractivity contribution is 0.145. The summed E-state index contributed by atoms with van der Waals surface area (Å²) in [5.41, 5.74) is 0. The average molecular weight is 222 g/mol. The molecule has 0 spiro atoms. The maximum atomic E-state index is 5.79. The molecule has 16 heavy (non-hydrogen) atoms. The maximum absolute atomic E-state index is 5.79. The minimum Gasteiger partial charge on any atom is -0.465 e. The van der Waals surface area contributed by atoms with Gasteiger partial charge in [0.15, 0.2) is 0 Å². The van der Waals surface area contributed by atoms with Crippen molar-refractivity contribution in [3.63, 3.8) is 0 Å². The summed E-state index contributed by atoms with van der Waals surface area (Å²) < 4.78 is 5.79. The van der Waals surface area contributed by atoms with Crippen molar-refractivity contribution in [1.82, 2.24) is 10.2 Å². The summed E-state index contributed by atoms with van der Waals surface area (Å²) in [6, 6.07) is 4.68. The number of piperazine rings is 1. The van der Waals surface area contributed by atoms with Crippen LogP contribution in [0.2, 0.25) is 0 Å². The molecule has 0 aromatic carbocycles. The van der Waals surface area contributed by atoms with E-state index in [2.05, 4.69) is 29.3 Å². The molecule has 0 aliphatic carbocycles. The van der Waals surface area contributed by atoms with Gasteiger partial charge in [0.2, 0.25) is 0 Å². The van der Waals surface area contributed by atoms with Gasteiger partial charge >= 0.3 is 0 Å². The Hall–Kier alpha value is -0.800. The molecule has 1 fully saturated rings. The molecule has 1 atom stereocenters. The number of hydrogen-bond donors (Lipinski definition) is 1. The Labute approximate surface area is 97.8 Å². The molecule has 0 bridgehead atoms. The van der Waals surface area contributed by atoms with Gasteiger partial charge in [-0.15, -0.1) is 0 Å². The predicted octanol–water partition coefficient (Wildman–Crippen LogP) is 2.33. The quantitative estimate of drug-likeness (QED) is 0.847. The molecule has 2 heterocycles. The standard InChI is InChI=1S/C13H22N2O/c1-3-4-12(13-6-5-11(2)16-13)15-9-7-14-8-10-15/h5-6,12,14H,3-4,7-10H2,1-2H3/t12-/m1/s1. The van der Waals surface area contributed by atoms with Crippen molar-refractivity contribution < 1.29 is 4.42 Å². The molecule has 3 heteroatoms. The van der Waals surface area contributed by atoms with Crippen LogP contribution in [0.15, 0.2) is 16.5 Å². The Morgan fingerprint density at radius 1 is 1.38 bits per heavy atom. The van der Waals surface area contributed by atoms with E-state index in [0.717, 1.165) is 37.7 Å². The molecule has 1 aliphatic heterocycles. The Balaban J connectivity index is 2.09. The SMILES string of the molecule is CCC[C@H](c1ccc(C)o1)N1CCNCC1. The van der Waals surface area contributed by atoms with Gasteiger partial charge in [-0.3, -0.25) is 4.90 Å². The molecule has 1 aromatic heterocycles. The Morgan fingerprint density at radius 3 is 2.69 bits per heavy atom. The van der Waals surface area contributed by atoms with Crippen molar-refractivity contribution in [2.24, 2.45) is 0 Å². The lowest BCUT2D eigenvalue weighted by Crippen LogP contribution is -2.45. The van der Waals surface area contributed by atoms with Gasteiger partial charge in [-0.1, -0.05) is 13.3 Å². The van der Waals surface area contributed by atoms with Gasteiger partial charge in [0, 0.05) is 26.2 Å². The molecular formula is C13H22N2O. The topological polar surface area (TPSA) is 28.4 Å². The zero-order valence-corrected chi connectivity index (χ0v) is 10.3. The monoisotopic (exact) mass is 222 g/mol. The van der Waals surface area contributed by atoms with Crippen LogP contribution < -0.4 is 5.32 Å². The molecule has 1 aromatic rings. The molecule has 1 saturated heterocycles. The highest BCUT2D eigenvalue weighted by Gasteiger charge is 2.23. The first kappa shape index (κ1) is 11.7. The number of nitrogens with zero attached hydrogens (tertiary/aromatic N) is 1. The normalized spacial score (nSPS) is 19.9. The van der Waals surface area contributed by atoms with Crippen molar-refractivity contribution in [2.75, 3.05) is 26.2 Å². The third-order valence-corrected chi connectivity index (χ3v) is 3.24. The first-order valence-electron chi connectivity index (χ1n) is 6.32. The minimum atomic E-state index is 0.473. The van der Waals surface area contributed by atoms with Gasteiger partial charge in [-0.2, -0.15) is 0 Å². The fourth-order valence-electron chi connectivity index (χ4n) is 2.40. The average Bonchev–Trinajstić information content (AvgIpc) is 2.74. The molecular weight excluding hydrogens is 200 g/mol. The highest BCUT2D eigenvalue weighted by atomic mass is 16.3. The fourth-order valence-corrected chi connectivity index (χ4v) is 2.40. The molecule has 0 amide bonds. The van der Waals surface area contributed by atoms with Crippen LogP contribution in [0.25, 0.3) is 0 Å². The molecule has 0 radical (unpaired) electrons. The van der Waals surface area contributed by atoms with E-state index in [-0.39, 0.29) is 0 Å². The number of aryl methyl sites for hydroxylation is 1. The van der Waals surface area contributed by atoms with Gasteiger partial charge in [-0.25, -0.2) is 0 Å². The van der Waals surface area contributed by atoms with E-state index in [1.54, 1.807) is 0 Å². The summed E-state index contributed by atoms with van der Waals surface area (Å²) in [4.78, 5) is 2.54. The maximum Gasteiger partial charge on any atom is 0.121 e. The second-order valence-corrected chi connectivity index (χ2v) is 4.54. The summed E-state index contributed by atoms with van der Waals surface area (Å²) in [5, 5.41) is 3.40. The Bertz CT molecular complexity index is 315. The molecule has 0 saturated carbocycles. The summed E-state index contributed by atoms with van der Waals surface area (Å²) in [7, 11) is 0. The van der Waals surface area contributed by atoms with E-state index >= 15 is 0 Å². The zero-order chi connectivity index (χ0) is 11.4. The van der Waals surface area contributed by atoms with E-state index in [0.29, 0.717) is 6.04 Å². The van der Waals surface area contributed by atoms with Crippen molar-refractivity contribution in [3.05, 3.63) is 23.7 Å². The van der Waals surface area contributed by atoms with Crippen molar-refractivity contribution >= 4 is 0 Å². The van der Waals surface area contributed by atoms with Crippen LogP contribution in [0, 0.1) is 6.92 Å². The Kier molecular flexibility index (Phi) is 4.02. The number of hydrogen-bond acceptors (Lipinski definition) is 3. The van der Waals surface area contributed by atoms with Gasteiger partial charge in [0.25, 0.3) is 0 Å². The second-order valence-electron chi connectivity index (χ2n) is 4.54. The van der Waals surface area contributed by atoms with Crippen LogP contribution in [0.5, 0.6) is 0 Å². The van der Waals surface area contributed by atoms with Crippen molar-refractivity contribution in [2.45, 2.75) is 32.7 Å². The lowest BCUT2D eigenvalue weighted by atomic mass is 10.1. The Morgan fingerprint density at radius 2 is 2.12 bits per heavy atom. The molecule has 0 unspecified atom stereocenters.